The minimum atomic E-state index is -0.672. The second kappa shape index (κ2) is 12.3. The molecule has 3 rings (SSSR count). The second-order valence-corrected chi connectivity index (χ2v) is 10.4. The molecule has 0 aromatic heterocycles. The number of anilines is 1. The van der Waals surface area contributed by atoms with Gasteiger partial charge in [-0.1, -0.05) is 42.5 Å². The number of rotatable bonds is 9. The molecule has 2 aromatic carbocycles. The molecule has 0 bridgehead atoms. The summed E-state index contributed by atoms with van der Waals surface area (Å²) >= 11 is 0. The van der Waals surface area contributed by atoms with Crippen LogP contribution in [0.15, 0.2) is 54.6 Å². The zero-order valence-electron chi connectivity index (χ0n) is 21.8. The van der Waals surface area contributed by atoms with Crippen LogP contribution in [0.5, 0.6) is 5.75 Å². The number of hydrogen-bond acceptors (Lipinski definition) is 6. The van der Waals surface area contributed by atoms with E-state index in [1.165, 1.54) is 0 Å². The third-order valence-electron chi connectivity index (χ3n) is 5.71. The van der Waals surface area contributed by atoms with Gasteiger partial charge in [0.2, 0.25) is 0 Å². The van der Waals surface area contributed by atoms with E-state index < -0.39 is 17.8 Å². The fraction of sp³-hybridized carbons (Fsp3) is 0.536. The molecule has 7 nitrogen and oxygen atoms in total. The highest BCUT2D eigenvalue weighted by molar-refractivity contribution is 5.68. The van der Waals surface area contributed by atoms with Crippen molar-refractivity contribution in [1.82, 2.24) is 9.80 Å². The first-order chi connectivity index (χ1) is 16.6. The molecule has 0 radical (unpaired) electrons. The van der Waals surface area contributed by atoms with E-state index in [9.17, 15) is 9.90 Å². The van der Waals surface area contributed by atoms with E-state index in [-0.39, 0.29) is 12.6 Å². The van der Waals surface area contributed by atoms with Crippen molar-refractivity contribution in [1.29, 1.82) is 0 Å². The fourth-order valence-electron chi connectivity index (χ4n) is 4.19. The fourth-order valence-corrected chi connectivity index (χ4v) is 4.19. The summed E-state index contributed by atoms with van der Waals surface area (Å²) in [6.45, 7) is 14.1. The van der Waals surface area contributed by atoms with Crippen LogP contribution in [0.3, 0.4) is 0 Å². The minimum Gasteiger partial charge on any atom is -0.489 e. The van der Waals surface area contributed by atoms with Gasteiger partial charge in [0.1, 0.15) is 11.4 Å². The van der Waals surface area contributed by atoms with Gasteiger partial charge >= 0.3 is 6.09 Å². The van der Waals surface area contributed by atoms with Gasteiger partial charge in [0.15, 0.2) is 0 Å². The van der Waals surface area contributed by atoms with E-state index in [4.69, 9.17) is 9.47 Å². The molecule has 0 aliphatic carbocycles. The Morgan fingerprint density at radius 3 is 2.26 bits per heavy atom. The van der Waals surface area contributed by atoms with Crippen molar-refractivity contribution < 1.29 is 19.4 Å². The van der Waals surface area contributed by atoms with Gasteiger partial charge in [-0.3, -0.25) is 4.90 Å². The molecule has 1 saturated heterocycles. The Bertz CT molecular complexity index is 921. The van der Waals surface area contributed by atoms with Crippen LogP contribution in [-0.4, -0.2) is 78.1 Å². The van der Waals surface area contributed by atoms with Crippen molar-refractivity contribution in [2.75, 3.05) is 44.2 Å². The van der Waals surface area contributed by atoms with Crippen molar-refractivity contribution in [3.63, 3.8) is 0 Å². The minimum absolute atomic E-state index is 0.122. The zero-order chi connectivity index (χ0) is 25.4. The maximum absolute atomic E-state index is 12.9. The molecule has 192 valence electrons. The number of para-hydroxylation sites is 2. The number of carbonyl (C=O) groups is 1. The van der Waals surface area contributed by atoms with Gasteiger partial charge in [-0.05, 0) is 52.3 Å². The summed E-state index contributed by atoms with van der Waals surface area (Å²) in [5.74, 6) is 0.907. The highest BCUT2D eigenvalue weighted by atomic mass is 16.6. The molecule has 1 amide bonds. The number of carbonyl (C=O) groups excluding carboxylic acids is 1. The van der Waals surface area contributed by atoms with E-state index in [1.54, 1.807) is 4.90 Å². The molecule has 35 heavy (non-hydrogen) atoms. The summed E-state index contributed by atoms with van der Waals surface area (Å²) in [7, 11) is 0. The molecule has 7 heteroatoms. The van der Waals surface area contributed by atoms with Crippen molar-refractivity contribution in [2.24, 2.45) is 0 Å². The molecule has 2 aromatic rings. The Hall–Kier alpha value is -2.77. The van der Waals surface area contributed by atoms with Gasteiger partial charge in [0.25, 0.3) is 0 Å². The predicted molar refractivity (Wildman–Crippen MR) is 140 cm³/mol. The summed E-state index contributed by atoms with van der Waals surface area (Å²) in [6.07, 6.45) is -0.960. The number of benzene rings is 2. The largest absolute Gasteiger partial charge is 0.489 e. The Labute approximate surface area is 210 Å². The average Bonchev–Trinajstić information content (AvgIpc) is 2.79. The lowest BCUT2D eigenvalue weighted by Crippen LogP contribution is -2.50. The standard InChI is InChI=1S/C28H41N3O4/c1-22(2)34-26-14-10-9-13-25(26)30-17-15-29(16-18-30)20-24(32)21-31(27(33)35-28(3,4)5)19-23-11-7-6-8-12-23/h6-14,22,24,32H,15-21H2,1-5H3. The molecule has 1 unspecified atom stereocenters. The third kappa shape index (κ3) is 8.75. The monoisotopic (exact) mass is 483 g/mol. The molecule has 1 heterocycles. The van der Waals surface area contributed by atoms with E-state index in [1.807, 2.05) is 83.1 Å². The average molecular weight is 484 g/mol. The number of aliphatic hydroxyl groups is 1. The number of hydrogen-bond donors (Lipinski definition) is 1. The highest BCUT2D eigenvalue weighted by Crippen LogP contribution is 2.29. The Balaban J connectivity index is 1.56. The number of amides is 1. The predicted octanol–water partition coefficient (Wildman–Crippen LogP) is 4.39. The number of ether oxygens (including phenoxy) is 2. The first kappa shape index (κ1) is 26.8. The van der Waals surface area contributed by atoms with Crippen molar-refractivity contribution in [3.8, 4) is 5.75 Å². The lowest BCUT2D eigenvalue weighted by Gasteiger charge is -2.38. The first-order valence-electron chi connectivity index (χ1n) is 12.5. The van der Waals surface area contributed by atoms with Crippen LogP contribution < -0.4 is 9.64 Å². The van der Waals surface area contributed by atoms with E-state index >= 15 is 0 Å². The van der Waals surface area contributed by atoms with Crippen LogP contribution in [0.25, 0.3) is 0 Å². The van der Waals surface area contributed by atoms with Crippen LogP contribution in [0, 0.1) is 0 Å². The Kier molecular flexibility index (Phi) is 9.40. The van der Waals surface area contributed by atoms with Gasteiger partial charge in [-0.2, -0.15) is 0 Å². The summed E-state index contributed by atoms with van der Waals surface area (Å²) in [5.41, 5.74) is 1.52. The molecule has 1 atom stereocenters. The molecular weight excluding hydrogens is 442 g/mol. The normalized spacial score (nSPS) is 15.7. The number of β-amino-alcohol motifs (C(OH)–C–C–N with tert-alkyl or cyclic N) is 1. The lowest BCUT2D eigenvalue weighted by molar-refractivity contribution is 0.00810. The van der Waals surface area contributed by atoms with Crippen LogP contribution in [0.4, 0.5) is 10.5 Å². The van der Waals surface area contributed by atoms with Crippen molar-refractivity contribution in [3.05, 3.63) is 60.2 Å². The van der Waals surface area contributed by atoms with E-state index in [0.717, 1.165) is 43.2 Å². The van der Waals surface area contributed by atoms with Crippen LogP contribution >= 0.6 is 0 Å². The molecule has 1 aliphatic rings. The van der Waals surface area contributed by atoms with Crippen LogP contribution in [0.2, 0.25) is 0 Å². The molecule has 0 spiro atoms. The topological polar surface area (TPSA) is 65.5 Å². The lowest BCUT2D eigenvalue weighted by atomic mass is 10.2. The maximum Gasteiger partial charge on any atom is 0.410 e. The van der Waals surface area contributed by atoms with Crippen LogP contribution in [-0.2, 0) is 11.3 Å². The van der Waals surface area contributed by atoms with Gasteiger partial charge in [-0.15, -0.1) is 0 Å². The molecule has 1 aliphatic heterocycles. The molecule has 0 saturated carbocycles. The van der Waals surface area contributed by atoms with E-state index in [0.29, 0.717) is 13.1 Å². The number of nitrogens with zero attached hydrogens (tertiary/aromatic N) is 3. The van der Waals surface area contributed by atoms with E-state index in [2.05, 4.69) is 15.9 Å². The SMILES string of the molecule is CC(C)Oc1ccccc1N1CCN(CC(O)CN(Cc2ccccc2)C(=O)OC(C)(C)C)CC1. The smallest absolute Gasteiger partial charge is 0.410 e. The van der Waals surface area contributed by atoms with Crippen molar-refractivity contribution in [2.45, 2.75) is 59.0 Å². The highest BCUT2D eigenvalue weighted by Gasteiger charge is 2.26. The molecule has 1 N–H and O–H groups in total. The van der Waals surface area contributed by atoms with Gasteiger partial charge in [-0.25, -0.2) is 4.79 Å². The molecular formula is C28H41N3O4. The van der Waals surface area contributed by atoms with Gasteiger partial charge in [0.05, 0.1) is 24.4 Å². The summed E-state index contributed by atoms with van der Waals surface area (Å²) in [5, 5.41) is 10.9. The first-order valence-corrected chi connectivity index (χ1v) is 12.5. The second-order valence-electron chi connectivity index (χ2n) is 10.4. The maximum atomic E-state index is 12.9. The van der Waals surface area contributed by atoms with Crippen molar-refractivity contribution >= 4 is 11.8 Å². The van der Waals surface area contributed by atoms with Crippen LogP contribution in [0.1, 0.15) is 40.2 Å². The molecule has 1 fully saturated rings. The van der Waals surface area contributed by atoms with Gasteiger partial charge < -0.3 is 24.4 Å². The quantitative estimate of drug-likeness (QED) is 0.571. The zero-order valence-corrected chi connectivity index (χ0v) is 21.8. The number of piperazine rings is 1. The number of aliphatic hydroxyl groups excluding tert-OH is 1. The summed E-state index contributed by atoms with van der Waals surface area (Å²) < 4.78 is 11.6. The summed E-state index contributed by atoms with van der Waals surface area (Å²) in [4.78, 5) is 19.0. The Morgan fingerprint density at radius 1 is 1.00 bits per heavy atom. The Morgan fingerprint density at radius 2 is 1.63 bits per heavy atom. The van der Waals surface area contributed by atoms with Gasteiger partial charge in [0, 0.05) is 39.3 Å². The summed E-state index contributed by atoms with van der Waals surface area (Å²) in [6, 6.07) is 18.0. The third-order valence-corrected chi connectivity index (χ3v) is 5.71.